The highest BCUT2D eigenvalue weighted by Crippen LogP contribution is 2.28. The Bertz CT molecular complexity index is 276. The lowest BCUT2D eigenvalue weighted by atomic mass is 9.94. The number of furan rings is 1. The molecule has 1 saturated heterocycles. The number of hydrogen-bond acceptors (Lipinski definition) is 3. The summed E-state index contributed by atoms with van der Waals surface area (Å²) >= 11 is 0. The van der Waals surface area contributed by atoms with Gasteiger partial charge in [-0.15, -0.1) is 0 Å². The summed E-state index contributed by atoms with van der Waals surface area (Å²) in [6.45, 7) is 3.58. The summed E-state index contributed by atoms with van der Waals surface area (Å²) in [6, 6.07) is 2.03. The van der Waals surface area contributed by atoms with Gasteiger partial charge in [-0.1, -0.05) is 0 Å². The molecule has 1 aromatic rings. The third-order valence-electron chi connectivity index (χ3n) is 2.73. The summed E-state index contributed by atoms with van der Waals surface area (Å²) < 4.78 is 10.5. The second-order valence-electron chi connectivity index (χ2n) is 3.58. The number of rotatable bonds is 2. The monoisotopic (exact) mass is 181 g/mol. The van der Waals surface area contributed by atoms with Crippen LogP contribution in [0.15, 0.2) is 16.7 Å². The maximum Gasteiger partial charge on any atom is 0.105 e. The minimum atomic E-state index is 0.0706. The zero-order chi connectivity index (χ0) is 9.26. The fourth-order valence-electron chi connectivity index (χ4n) is 1.83. The molecule has 2 rings (SSSR count). The van der Waals surface area contributed by atoms with Crippen LogP contribution in [-0.4, -0.2) is 13.2 Å². The first-order chi connectivity index (χ1) is 6.29. The van der Waals surface area contributed by atoms with E-state index >= 15 is 0 Å². The highest BCUT2D eigenvalue weighted by Gasteiger charge is 2.25. The lowest BCUT2D eigenvalue weighted by Gasteiger charge is -2.16. The van der Waals surface area contributed by atoms with E-state index < -0.39 is 0 Å². The van der Waals surface area contributed by atoms with Crippen molar-refractivity contribution in [3.63, 3.8) is 0 Å². The van der Waals surface area contributed by atoms with Crippen LogP contribution in [0.1, 0.15) is 23.8 Å². The van der Waals surface area contributed by atoms with E-state index in [1.54, 1.807) is 6.26 Å². The predicted molar refractivity (Wildman–Crippen MR) is 49.3 cm³/mol. The van der Waals surface area contributed by atoms with Crippen LogP contribution in [-0.2, 0) is 4.74 Å². The Morgan fingerprint density at radius 3 is 3.00 bits per heavy atom. The molecule has 0 bridgehead atoms. The topological polar surface area (TPSA) is 48.4 Å². The Kier molecular flexibility index (Phi) is 2.38. The Hall–Kier alpha value is -0.800. The molecule has 0 aliphatic carbocycles. The van der Waals surface area contributed by atoms with E-state index in [1.165, 1.54) is 0 Å². The lowest BCUT2D eigenvalue weighted by Crippen LogP contribution is -2.21. The second kappa shape index (κ2) is 3.52. The van der Waals surface area contributed by atoms with E-state index in [0.717, 1.165) is 31.0 Å². The van der Waals surface area contributed by atoms with Crippen LogP contribution in [0.25, 0.3) is 0 Å². The molecular formula is C10H15NO2. The molecule has 0 radical (unpaired) electrons. The second-order valence-corrected chi connectivity index (χ2v) is 3.58. The van der Waals surface area contributed by atoms with Gasteiger partial charge in [-0.05, 0) is 19.4 Å². The van der Waals surface area contributed by atoms with E-state index in [4.69, 9.17) is 14.9 Å². The van der Waals surface area contributed by atoms with Crippen molar-refractivity contribution < 1.29 is 9.15 Å². The van der Waals surface area contributed by atoms with Crippen LogP contribution >= 0.6 is 0 Å². The van der Waals surface area contributed by atoms with Crippen LogP contribution in [0.2, 0.25) is 0 Å². The Morgan fingerprint density at radius 1 is 1.62 bits per heavy atom. The summed E-state index contributed by atoms with van der Waals surface area (Å²) in [4.78, 5) is 0. The zero-order valence-electron chi connectivity index (χ0n) is 7.82. The minimum Gasteiger partial charge on any atom is -0.469 e. The molecule has 1 aliphatic heterocycles. The molecular weight excluding hydrogens is 166 g/mol. The number of aryl methyl sites for hydroxylation is 1. The van der Waals surface area contributed by atoms with Crippen molar-refractivity contribution in [3.8, 4) is 0 Å². The third kappa shape index (κ3) is 1.62. The summed E-state index contributed by atoms with van der Waals surface area (Å²) in [5.41, 5.74) is 7.23. The molecule has 2 N–H and O–H groups in total. The minimum absolute atomic E-state index is 0.0706. The Morgan fingerprint density at radius 2 is 2.46 bits per heavy atom. The fourth-order valence-corrected chi connectivity index (χ4v) is 1.83. The van der Waals surface area contributed by atoms with Gasteiger partial charge in [-0.3, -0.25) is 0 Å². The molecule has 13 heavy (non-hydrogen) atoms. The van der Waals surface area contributed by atoms with E-state index in [2.05, 4.69) is 0 Å². The summed E-state index contributed by atoms with van der Waals surface area (Å²) in [5, 5.41) is 0. The normalized spacial score (nSPS) is 24.9. The van der Waals surface area contributed by atoms with Crippen molar-refractivity contribution in [1.82, 2.24) is 0 Å². The van der Waals surface area contributed by atoms with E-state index in [0.29, 0.717) is 5.92 Å². The van der Waals surface area contributed by atoms with E-state index in [-0.39, 0.29) is 6.04 Å². The summed E-state index contributed by atoms with van der Waals surface area (Å²) in [7, 11) is 0. The standard InChI is InChI=1S/C10H15NO2/c1-7-9(3-5-13-7)10(11)8-2-4-12-6-8/h3,5,8,10H,2,4,6,11H2,1H3. The molecule has 1 aliphatic rings. The molecule has 72 valence electrons. The molecule has 0 spiro atoms. The van der Waals surface area contributed by atoms with Gasteiger partial charge in [0.05, 0.1) is 12.9 Å². The first-order valence-corrected chi connectivity index (χ1v) is 4.66. The molecule has 2 unspecified atom stereocenters. The number of hydrogen-bond donors (Lipinski definition) is 1. The van der Waals surface area contributed by atoms with Crippen molar-refractivity contribution in [3.05, 3.63) is 23.7 Å². The lowest BCUT2D eigenvalue weighted by molar-refractivity contribution is 0.180. The van der Waals surface area contributed by atoms with Gasteiger partial charge in [0, 0.05) is 24.1 Å². The molecule has 0 amide bonds. The van der Waals surface area contributed by atoms with E-state index in [9.17, 15) is 0 Å². The largest absolute Gasteiger partial charge is 0.469 e. The van der Waals surface area contributed by atoms with Crippen LogP contribution in [0.5, 0.6) is 0 Å². The van der Waals surface area contributed by atoms with Gasteiger partial charge in [0.25, 0.3) is 0 Å². The maximum atomic E-state index is 6.11. The quantitative estimate of drug-likeness (QED) is 0.754. The summed E-state index contributed by atoms with van der Waals surface area (Å²) in [6.07, 6.45) is 2.76. The van der Waals surface area contributed by atoms with Crippen LogP contribution in [0, 0.1) is 12.8 Å². The third-order valence-corrected chi connectivity index (χ3v) is 2.73. The highest BCUT2D eigenvalue weighted by atomic mass is 16.5. The Labute approximate surface area is 77.9 Å². The first-order valence-electron chi connectivity index (χ1n) is 4.66. The molecule has 0 saturated carbocycles. The number of ether oxygens (including phenoxy) is 1. The molecule has 3 nitrogen and oxygen atoms in total. The molecule has 1 aromatic heterocycles. The van der Waals surface area contributed by atoms with Crippen LogP contribution in [0.3, 0.4) is 0 Å². The predicted octanol–water partition coefficient (Wildman–Crippen LogP) is 1.62. The van der Waals surface area contributed by atoms with Crippen molar-refractivity contribution >= 4 is 0 Å². The maximum absolute atomic E-state index is 6.11. The molecule has 2 atom stereocenters. The van der Waals surface area contributed by atoms with Gasteiger partial charge >= 0.3 is 0 Å². The van der Waals surface area contributed by atoms with Crippen molar-refractivity contribution in [2.24, 2.45) is 11.7 Å². The number of nitrogens with two attached hydrogens (primary N) is 1. The van der Waals surface area contributed by atoms with Crippen LogP contribution < -0.4 is 5.73 Å². The average molecular weight is 181 g/mol. The molecule has 1 fully saturated rings. The van der Waals surface area contributed by atoms with Crippen molar-refractivity contribution in [1.29, 1.82) is 0 Å². The van der Waals surface area contributed by atoms with Crippen LogP contribution in [0.4, 0.5) is 0 Å². The first kappa shape index (κ1) is 8.78. The van der Waals surface area contributed by atoms with Gasteiger partial charge in [0.1, 0.15) is 5.76 Å². The van der Waals surface area contributed by atoms with Gasteiger partial charge in [0.15, 0.2) is 0 Å². The van der Waals surface area contributed by atoms with Gasteiger partial charge < -0.3 is 14.9 Å². The van der Waals surface area contributed by atoms with E-state index in [1.807, 2.05) is 13.0 Å². The van der Waals surface area contributed by atoms with Gasteiger partial charge in [-0.25, -0.2) is 0 Å². The van der Waals surface area contributed by atoms with Gasteiger partial charge in [0.2, 0.25) is 0 Å². The molecule has 0 aromatic carbocycles. The van der Waals surface area contributed by atoms with Crippen molar-refractivity contribution in [2.45, 2.75) is 19.4 Å². The van der Waals surface area contributed by atoms with Gasteiger partial charge in [-0.2, -0.15) is 0 Å². The smallest absolute Gasteiger partial charge is 0.105 e. The molecule has 2 heterocycles. The molecule has 3 heteroatoms. The SMILES string of the molecule is Cc1occc1C(N)C1CCOC1. The Balaban J connectivity index is 2.12. The zero-order valence-corrected chi connectivity index (χ0v) is 7.82. The highest BCUT2D eigenvalue weighted by molar-refractivity contribution is 5.20. The summed E-state index contributed by atoms with van der Waals surface area (Å²) in [5.74, 6) is 1.38. The van der Waals surface area contributed by atoms with Crippen molar-refractivity contribution in [2.75, 3.05) is 13.2 Å². The fraction of sp³-hybridized carbons (Fsp3) is 0.600. The average Bonchev–Trinajstić information content (AvgIpc) is 2.72.